The third-order valence-electron chi connectivity index (χ3n) is 4.05. The van der Waals surface area contributed by atoms with E-state index in [-0.39, 0.29) is 18.4 Å². The number of benzene rings is 1. The van der Waals surface area contributed by atoms with Crippen molar-refractivity contribution in [1.82, 2.24) is 10.6 Å². The van der Waals surface area contributed by atoms with E-state index in [0.29, 0.717) is 18.4 Å². The Bertz CT molecular complexity index is 543. The maximum Gasteiger partial charge on any atom is 0.315 e. The van der Waals surface area contributed by atoms with Gasteiger partial charge in [-0.2, -0.15) is 0 Å². The lowest BCUT2D eigenvalue weighted by atomic mass is 9.69. The van der Waals surface area contributed by atoms with Gasteiger partial charge in [0.25, 0.3) is 0 Å². The Balaban J connectivity index is 1.86. The number of rotatable bonds is 5. The van der Waals surface area contributed by atoms with Crippen LogP contribution in [0.3, 0.4) is 0 Å². The number of carboxylic acid groups (broad SMARTS) is 1. The molecule has 0 bridgehead atoms. The maximum absolute atomic E-state index is 13.1. The number of carbonyl (C=O) groups is 2. The highest BCUT2D eigenvalue weighted by atomic mass is 19.1. The van der Waals surface area contributed by atoms with Gasteiger partial charge in [0.15, 0.2) is 0 Å². The average Bonchev–Trinajstić information content (AvgIpc) is 2.36. The lowest BCUT2D eigenvalue weighted by molar-refractivity contribution is -0.153. The van der Waals surface area contributed by atoms with Gasteiger partial charge in [0.1, 0.15) is 5.82 Å². The first-order chi connectivity index (χ1) is 9.93. The normalized spacial score (nSPS) is 17.4. The van der Waals surface area contributed by atoms with Gasteiger partial charge < -0.3 is 15.7 Å². The van der Waals surface area contributed by atoms with Crippen LogP contribution < -0.4 is 10.6 Å². The third-order valence-corrected chi connectivity index (χ3v) is 4.05. The van der Waals surface area contributed by atoms with Crippen molar-refractivity contribution >= 4 is 12.0 Å². The zero-order valence-electron chi connectivity index (χ0n) is 11.9. The molecule has 6 heteroatoms. The summed E-state index contributed by atoms with van der Waals surface area (Å²) in [6, 6.07) is 5.19. The van der Waals surface area contributed by atoms with Crippen molar-refractivity contribution in [3.8, 4) is 0 Å². The zero-order chi connectivity index (χ0) is 15.5. The van der Waals surface area contributed by atoms with Crippen molar-refractivity contribution < 1.29 is 19.1 Å². The minimum absolute atomic E-state index is 0.115. The van der Waals surface area contributed by atoms with Crippen LogP contribution in [0.4, 0.5) is 9.18 Å². The van der Waals surface area contributed by atoms with E-state index in [9.17, 15) is 19.1 Å². The summed E-state index contributed by atoms with van der Waals surface area (Å²) < 4.78 is 13.1. The summed E-state index contributed by atoms with van der Waals surface area (Å²) in [5.41, 5.74) is -0.166. The van der Waals surface area contributed by atoms with Gasteiger partial charge in [-0.3, -0.25) is 4.79 Å². The number of hydrogen-bond donors (Lipinski definition) is 3. The molecule has 1 fully saturated rings. The Hall–Kier alpha value is -2.11. The van der Waals surface area contributed by atoms with Crippen molar-refractivity contribution in [3.63, 3.8) is 0 Å². The Morgan fingerprint density at radius 1 is 1.43 bits per heavy atom. The van der Waals surface area contributed by atoms with E-state index in [1.54, 1.807) is 19.1 Å². The van der Waals surface area contributed by atoms with Crippen LogP contribution in [-0.2, 0) is 4.79 Å². The molecule has 5 nitrogen and oxygen atoms in total. The van der Waals surface area contributed by atoms with Crippen molar-refractivity contribution in [1.29, 1.82) is 0 Å². The number of halogens is 1. The van der Waals surface area contributed by atoms with E-state index in [0.717, 1.165) is 6.42 Å². The first-order valence-electron chi connectivity index (χ1n) is 6.96. The van der Waals surface area contributed by atoms with Crippen molar-refractivity contribution in [2.45, 2.75) is 32.2 Å². The number of urea groups is 1. The Morgan fingerprint density at radius 2 is 2.14 bits per heavy atom. The molecular weight excluding hydrogens is 275 g/mol. The number of carboxylic acids is 1. The first kappa shape index (κ1) is 15.3. The fourth-order valence-corrected chi connectivity index (χ4v) is 2.43. The van der Waals surface area contributed by atoms with Gasteiger partial charge in [0, 0.05) is 6.54 Å². The summed E-state index contributed by atoms with van der Waals surface area (Å²) in [4.78, 5) is 23.0. The highest BCUT2D eigenvalue weighted by Gasteiger charge is 2.44. The van der Waals surface area contributed by atoms with Crippen molar-refractivity contribution in [2.75, 3.05) is 6.54 Å². The molecule has 0 heterocycles. The molecule has 1 atom stereocenters. The molecule has 1 aliphatic rings. The summed E-state index contributed by atoms with van der Waals surface area (Å²) in [6.45, 7) is 1.86. The quantitative estimate of drug-likeness (QED) is 0.780. The van der Waals surface area contributed by atoms with Gasteiger partial charge in [-0.05, 0) is 37.5 Å². The van der Waals surface area contributed by atoms with Gasteiger partial charge in [0.05, 0.1) is 11.5 Å². The largest absolute Gasteiger partial charge is 0.481 e. The number of amides is 2. The minimum Gasteiger partial charge on any atom is -0.481 e. The number of aliphatic carboxylic acids is 1. The van der Waals surface area contributed by atoms with Crippen LogP contribution in [-0.4, -0.2) is 23.7 Å². The predicted molar refractivity (Wildman–Crippen MR) is 75.3 cm³/mol. The Labute approximate surface area is 122 Å². The van der Waals surface area contributed by atoms with E-state index < -0.39 is 17.4 Å². The molecule has 1 aliphatic carbocycles. The fourth-order valence-electron chi connectivity index (χ4n) is 2.43. The molecular formula is C15H19FN2O3. The average molecular weight is 294 g/mol. The highest BCUT2D eigenvalue weighted by molar-refractivity contribution is 5.79. The van der Waals surface area contributed by atoms with E-state index in [1.165, 1.54) is 12.1 Å². The van der Waals surface area contributed by atoms with Crippen LogP contribution in [0.25, 0.3) is 0 Å². The van der Waals surface area contributed by atoms with E-state index in [1.807, 2.05) is 0 Å². The van der Waals surface area contributed by atoms with Crippen LogP contribution in [0.5, 0.6) is 0 Å². The molecule has 114 valence electrons. The predicted octanol–water partition coefficient (Wildman–Crippen LogP) is 2.44. The molecule has 0 saturated heterocycles. The van der Waals surface area contributed by atoms with Gasteiger partial charge in [-0.1, -0.05) is 18.6 Å². The molecule has 1 unspecified atom stereocenters. The second-order valence-corrected chi connectivity index (χ2v) is 5.54. The Kier molecular flexibility index (Phi) is 4.45. The van der Waals surface area contributed by atoms with Gasteiger partial charge in [0.2, 0.25) is 0 Å². The molecule has 0 aromatic heterocycles. The molecule has 3 N–H and O–H groups in total. The molecule has 0 aliphatic heterocycles. The smallest absolute Gasteiger partial charge is 0.315 e. The lowest BCUT2D eigenvalue weighted by Crippen LogP contribution is -2.50. The van der Waals surface area contributed by atoms with Crippen LogP contribution in [0.2, 0.25) is 0 Å². The van der Waals surface area contributed by atoms with Gasteiger partial charge in [-0.15, -0.1) is 0 Å². The second-order valence-electron chi connectivity index (χ2n) is 5.54. The highest BCUT2D eigenvalue weighted by Crippen LogP contribution is 2.40. The zero-order valence-corrected chi connectivity index (χ0v) is 11.9. The SMILES string of the molecule is CC(NC(=O)NCC1(C(=O)O)CCC1)c1cccc(F)c1. The number of carbonyl (C=O) groups excluding carboxylic acids is 1. The summed E-state index contributed by atoms with van der Waals surface area (Å²) in [6.07, 6.45) is 2.04. The fraction of sp³-hybridized carbons (Fsp3) is 0.467. The first-order valence-corrected chi connectivity index (χ1v) is 6.96. The van der Waals surface area contributed by atoms with Gasteiger partial charge >= 0.3 is 12.0 Å². The van der Waals surface area contributed by atoms with Crippen LogP contribution in [0.15, 0.2) is 24.3 Å². The minimum atomic E-state index is -0.868. The Morgan fingerprint density at radius 3 is 2.67 bits per heavy atom. The summed E-state index contributed by atoms with van der Waals surface area (Å²) in [5, 5.41) is 14.4. The van der Waals surface area contributed by atoms with Crippen molar-refractivity contribution in [3.05, 3.63) is 35.6 Å². The third kappa shape index (κ3) is 3.51. The topological polar surface area (TPSA) is 78.4 Å². The molecule has 1 aromatic carbocycles. The molecule has 2 rings (SSSR count). The molecule has 1 aromatic rings. The monoisotopic (exact) mass is 294 g/mol. The van der Waals surface area contributed by atoms with Crippen molar-refractivity contribution in [2.24, 2.45) is 5.41 Å². The molecule has 0 spiro atoms. The summed E-state index contributed by atoms with van der Waals surface area (Å²) >= 11 is 0. The van der Waals surface area contributed by atoms with Crippen LogP contribution in [0, 0.1) is 11.2 Å². The maximum atomic E-state index is 13.1. The lowest BCUT2D eigenvalue weighted by Gasteiger charge is -2.37. The number of nitrogens with one attached hydrogen (secondary N) is 2. The molecule has 0 radical (unpaired) electrons. The van der Waals surface area contributed by atoms with Crippen LogP contribution >= 0.6 is 0 Å². The molecule has 21 heavy (non-hydrogen) atoms. The number of hydrogen-bond acceptors (Lipinski definition) is 2. The summed E-state index contributed by atoms with van der Waals surface area (Å²) in [5.74, 6) is -1.23. The van der Waals surface area contributed by atoms with Crippen LogP contribution in [0.1, 0.15) is 37.8 Å². The standard InChI is InChI=1S/C15H19FN2O3/c1-10(11-4-2-5-12(16)8-11)18-14(21)17-9-15(13(19)20)6-3-7-15/h2,4-5,8,10H,3,6-7,9H2,1H3,(H,19,20)(H2,17,18,21). The molecule has 1 saturated carbocycles. The van der Waals surface area contributed by atoms with Gasteiger partial charge in [-0.25, -0.2) is 9.18 Å². The van der Waals surface area contributed by atoms with E-state index in [2.05, 4.69) is 10.6 Å². The molecule has 2 amide bonds. The second kappa shape index (κ2) is 6.11. The van der Waals surface area contributed by atoms with E-state index in [4.69, 9.17) is 0 Å². The summed E-state index contributed by atoms with van der Waals surface area (Å²) in [7, 11) is 0. The van der Waals surface area contributed by atoms with E-state index >= 15 is 0 Å².